The highest BCUT2D eigenvalue weighted by Gasteiger charge is 2.51. The largest absolute Gasteiger partial charge is 0.364 e. The average molecular weight is 404 g/mol. The van der Waals surface area contributed by atoms with Crippen molar-refractivity contribution in [1.29, 1.82) is 0 Å². The van der Waals surface area contributed by atoms with E-state index in [4.69, 9.17) is 17.3 Å². The first-order valence-electron chi connectivity index (χ1n) is 9.70. The van der Waals surface area contributed by atoms with Gasteiger partial charge in [0.15, 0.2) is 5.69 Å². The molecule has 1 aromatic heterocycles. The van der Waals surface area contributed by atoms with E-state index >= 15 is 0 Å². The lowest BCUT2D eigenvalue weighted by atomic mass is 10.0. The number of hydrogen-bond donors (Lipinski definition) is 2. The molecule has 0 saturated heterocycles. The van der Waals surface area contributed by atoms with Crippen LogP contribution >= 0.6 is 11.6 Å². The molecule has 1 heterocycles. The quantitative estimate of drug-likeness (QED) is 0.671. The number of carbonyl (C=O) groups is 2. The Morgan fingerprint density at radius 3 is 2.54 bits per heavy atom. The van der Waals surface area contributed by atoms with Gasteiger partial charge in [-0.25, -0.2) is 0 Å². The van der Waals surface area contributed by atoms with Gasteiger partial charge in [-0.1, -0.05) is 37.1 Å². The van der Waals surface area contributed by atoms with Gasteiger partial charge in [-0.2, -0.15) is 0 Å². The lowest BCUT2D eigenvalue weighted by Crippen LogP contribution is -2.36. The van der Waals surface area contributed by atoms with Crippen LogP contribution in [0.4, 0.5) is 0 Å². The van der Waals surface area contributed by atoms with E-state index in [2.05, 4.69) is 29.5 Å². The highest BCUT2D eigenvalue weighted by Crippen LogP contribution is 2.53. The average Bonchev–Trinajstić information content (AvgIpc) is 3.16. The minimum absolute atomic E-state index is 0.0635. The third kappa shape index (κ3) is 4.52. The standard InChI is InChI=1S/C20H26ClN5O2/c1-3-14-15(9-10-26-11-17(19(22)27)24-25-26)18(14)16(4-2)23-20(28)12-5-7-13(21)8-6-12/h5-8,11,14-16,18H,3-4,9-10H2,1-2H3,(H2,22,27)(H,23,28). The number of nitrogens with zero attached hydrogens (tertiary/aromatic N) is 3. The Morgan fingerprint density at radius 2 is 1.96 bits per heavy atom. The van der Waals surface area contributed by atoms with Crippen LogP contribution in [0.3, 0.4) is 0 Å². The summed E-state index contributed by atoms with van der Waals surface area (Å²) in [5, 5.41) is 11.5. The number of aryl methyl sites for hydroxylation is 1. The van der Waals surface area contributed by atoms with Gasteiger partial charge in [0.2, 0.25) is 0 Å². The van der Waals surface area contributed by atoms with Crippen LogP contribution in [0.1, 0.15) is 54.0 Å². The molecule has 4 unspecified atom stereocenters. The zero-order valence-corrected chi connectivity index (χ0v) is 16.9. The topological polar surface area (TPSA) is 103 Å². The van der Waals surface area contributed by atoms with E-state index in [1.165, 1.54) is 0 Å². The summed E-state index contributed by atoms with van der Waals surface area (Å²) in [6.45, 7) is 4.97. The van der Waals surface area contributed by atoms with Gasteiger partial charge >= 0.3 is 0 Å². The molecule has 150 valence electrons. The Morgan fingerprint density at radius 1 is 1.25 bits per heavy atom. The van der Waals surface area contributed by atoms with Crippen LogP contribution in [0, 0.1) is 17.8 Å². The second-order valence-corrected chi connectivity index (χ2v) is 7.76. The Kier molecular flexibility index (Phi) is 6.34. The molecule has 4 atom stereocenters. The predicted octanol–water partition coefficient (Wildman–Crippen LogP) is 2.90. The number of primary amides is 1. The van der Waals surface area contributed by atoms with Crippen molar-refractivity contribution in [2.45, 2.75) is 45.7 Å². The SMILES string of the molecule is CCC(NC(=O)c1ccc(Cl)cc1)C1C(CC)C1CCn1cc(C(N)=O)nn1. The Balaban J connectivity index is 1.59. The van der Waals surface area contributed by atoms with Gasteiger partial charge in [-0.05, 0) is 54.9 Å². The molecule has 1 saturated carbocycles. The summed E-state index contributed by atoms with van der Waals surface area (Å²) in [4.78, 5) is 23.7. The van der Waals surface area contributed by atoms with E-state index in [9.17, 15) is 9.59 Å². The van der Waals surface area contributed by atoms with E-state index in [0.29, 0.717) is 34.9 Å². The van der Waals surface area contributed by atoms with Crippen molar-refractivity contribution < 1.29 is 9.59 Å². The fourth-order valence-corrected chi connectivity index (χ4v) is 4.30. The normalized spacial score (nSPS) is 21.9. The molecule has 7 nitrogen and oxygen atoms in total. The zero-order chi connectivity index (χ0) is 20.3. The van der Waals surface area contributed by atoms with Crippen LogP contribution in [0.25, 0.3) is 0 Å². The molecule has 0 spiro atoms. The Bertz CT molecular complexity index is 835. The van der Waals surface area contributed by atoms with Crippen molar-refractivity contribution in [2.24, 2.45) is 23.5 Å². The van der Waals surface area contributed by atoms with E-state index in [-0.39, 0.29) is 17.6 Å². The van der Waals surface area contributed by atoms with Crippen LogP contribution in [-0.4, -0.2) is 32.9 Å². The second-order valence-electron chi connectivity index (χ2n) is 7.33. The number of nitrogens with one attached hydrogen (secondary N) is 1. The lowest BCUT2D eigenvalue weighted by molar-refractivity contribution is 0.0927. The van der Waals surface area contributed by atoms with Crippen molar-refractivity contribution in [3.63, 3.8) is 0 Å². The molecule has 1 aliphatic carbocycles. The third-order valence-electron chi connectivity index (χ3n) is 5.68. The first-order valence-corrected chi connectivity index (χ1v) is 10.1. The molecule has 1 aliphatic rings. The maximum absolute atomic E-state index is 12.6. The number of rotatable bonds is 9. The van der Waals surface area contributed by atoms with Gasteiger partial charge in [0.25, 0.3) is 11.8 Å². The molecule has 3 rings (SSSR count). The summed E-state index contributed by atoms with van der Waals surface area (Å²) in [5.41, 5.74) is 6.02. The molecule has 8 heteroatoms. The molecule has 0 radical (unpaired) electrons. The maximum atomic E-state index is 12.6. The van der Waals surface area contributed by atoms with Gasteiger partial charge in [-0.3, -0.25) is 14.3 Å². The molecule has 0 aliphatic heterocycles. The van der Waals surface area contributed by atoms with Gasteiger partial charge in [-0.15, -0.1) is 5.10 Å². The molecular formula is C20H26ClN5O2. The van der Waals surface area contributed by atoms with Crippen molar-refractivity contribution in [2.75, 3.05) is 0 Å². The number of aromatic nitrogens is 3. The molecule has 3 N–H and O–H groups in total. The number of amides is 2. The first kappa shape index (κ1) is 20.3. The molecule has 0 bridgehead atoms. The van der Waals surface area contributed by atoms with E-state index < -0.39 is 5.91 Å². The molecule has 1 fully saturated rings. The number of nitrogens with two attached hydrogens (primary N) is 1. The van der Waals surface area contributed by atoms with Crippen LogP contribution < -0.4 is 11.1 Å². The summed E-state index contributed by atoms with van der Waals surface area (Å²) in [7, 11) is 0. The highest BCUT2D eigenvalue weighted by atomic mass is 35.5. The fourth-order valence-electron chi connectivity index (χ4n) is 4.18. The molecule has 1 aromatic carbocycles. The monoisotopic (exact) mass is 403 g/mol. The van der Waals surface area contributed by atoms with Gasteiger partial charge in [0.05, 0.1) is 6.20 Å². The van der Waals surface area contributed by atoms with E-state index in [1.54, 1.807) is 35.1 Å². The molecule has 2 aromatic rings. The summed E-state index contributed by atoms with van der Waals surface area (Å²) in [5.74, 6) is 0.908. The second kappa shape index (κ2) is 8.73. The first-order chi connectivity index (χ1) is 13.4. The summed E-state index contributed by atoms with van der Waals surface area (Å²) in [6.07, 6.45) is 4.47. The lowest BCUT2D eigenvalue weighted by Gasteiger charge is -2.18. The van der Waals surface area contributed by atoms with Gasteiger partial charge < -0.3 is 11.1 Å². The summed E-state index contributed by atoms with van der Waals surface area (Å²) in [6, 6.07) is 7.07. The minimum atomic E-state index is -0.571. The van der Waals surface area contributed by atoms with Crippen LogP contribution in [0.2, 0.25) is 5.02 Å². The Hall–Kier alpha value is -2.41. The van der Waals surface area contributed by atoms with Crippen LogP contribution in [0.15, 0.2) is 30.5 Å². The predicted molar refractivity (Wildman–Crippen MR) is 107 cm³/mol. The van der Waals surface area contributed by atoms with E-state index in [0.717, 1.165) is 19.3 Å². The molecular weight excluding hydrogens is 378 g/mol. The third-order valence-corrected chi connectivity index (χ3v) is 5.93. The van der Waals surface area contributed by atoms with E-state index in [1.807, 2.05) is 0 Å². The van der Waals surface area contributed by atoms with Crippen molar-refractivity contribution >= 4 is 23.4 Å². The minimum Gasteiger partial charge on any atom is -0.364 e. The number of benzene rings is 1. The van der Waals surface area contributed by atoms with Crippen LogP contribution in [-0.2, 0) is 6.54 Å². The molecule has 2 amide bonds. The number of halogens is 1. The Labute approximate surface area is 169 Å². The van der Waals surface area contributed by atoms with Crippen molar-refractivity contribution in [1.82, 2.24) is 20.3 Å². The maximum Gasteiger partial charge on any atom is 0.270 e. The highest BCUT2D eigenvalue weighted by molar-refractivity contribution is 6.30. The zero-order valence-electron chi connectivity index (χ0n) is 16.1. The van der Waals surface area contributed by atoms with Crippen molar-refractivity contribution in [3.05, 3.63) is 46.7 Å². The summed E-state index contributed by atoms with van der Waals surface area (Å²) < 4.78 is 1.66. The fraction of sp³-hybridized carbons (Fsp3) is 0.500. The van der Waals surface area contributed by atoms with Gasteiger partial charge in [0.1, 0.15) is 0 Å². The van der Waals surface area contributed by atoms with Gasteiger partial charge in [0, 0.05) is 23.2 Å². The smallest absolute Gasteiger partial charge is 0.270 e. The molecule has 28 heavy (non-hydrogen) atoms. The number of hydrogen-bond acceptors (Lipinski definition) is 4. The summed E-state index contributed by atoms with van der Waals surface area (Å²) >= 11 is 5.90. The van der Waals surface area contributed by atoms with Crippen LogP contribution in [0.5, 0.6) is 0 Å². The van der Waals surface area contributed by atoms with Crippen molar-refractivity contribution in [3.8, 4) is 0 Å². The number of carbonyl (C=O) groups excluding carboxylic acids is 2.